The van der Waals surface area contributed by atoms with Crippen molar-refractivity contribution in [3.8, 4) is 0 Å². The van der Waals surface area contributed by atoms with E-state index in [1.54, 1.807) is 12.0 Å². The van der Waals surface area contributed by atoms with Gasteiger partial charge in [0.25, 0.3) is 0 Å². The molecule has 0 aromatic carbocycles. The van der Waals surface area contributed by atoms with Crippen molar-refractivity contribution in [2.75, 3.05) is 20.3 Å². The standard InChI is InChI=1S/C18H37NO4Si/c1-17(2,3)22-16(20)19-11-10-15(12-14(19)13-21-7)23-24(8,9)18(4,5)6/h14-15H,10-13H2,1-9H3. The summed E-state index contributed by atoms with van der Waals surface area (Å²) in [6.07, 6.45) is 1.59. The lowest BCUT2D eigenvalue weighted by molar-refractivity contribution is -0.0209. The first-order valence-corrected chi connectivity index (χ1v) is 11.8. The minimum Gasteiger partial charge on any atom is -0.444 e. The third-order valence-electron chi connectivity index (χ3n) is 4.92. The monoisotopic (exact) mass is 359 g/mol. The first-order valence-electron chi connectivity index (χ1n) is 8.93. The van der Waals surface area contributed by atoms with Crippen LogP contribution in [0.15, 0.2) is 0 Å². The number of ether oxygens (including phenoxy) is 2. The van der Waals surface area contributed by atoms with Crippen LogP contribution in [0.2, 0.25) is 18.1 Å². The Morgan fingerprint density at radius 3 is 2.21 bits per heavy atom. The number of methoxy groups -OCH3 is 1. The topological polar surface area (TPSA) is 48.0 Å². The predicted octanol–water partition coefficient (Wildman–Crippen LogP) is 4.42. The van der Waals surface area contributed by atoms with E-state index in [0.29, 0.717) is 13.2 Å². The maximum Gasteiger partial charge on any atom is 0.410 e. The Hall–Kier alpha value is -0.593. The fourth-order valence-corrected chi connectivity index (χ4v) is 4.03. The number of likely N-dealkylation sites (tertiary alicyclic amines) is 1. The number of nitrogens with zero attached hydrogens (tertiary/aromatic N) is 1. The predicted molar refractivity (Wildman–Crippen MR) is 99.9 cm³/mol. The third kappa shape index (κ3) is 6.04. The van der Waals surface area contributed by atoms with E-state index in [-0.39, 0.29) is 23.3 Å². The van der Waals surface area contributed by atoms with E-state index < -0.39 is 13.9 Å². The van der Waals surface area contributed by atoms with Crippen molar-refractivity contribution in [3.63, 3.8) is 0 Å². The minimum atomic E-state index is -1.81. The van der Waals surface area contributed by atoms with E-state index in [4.69, 9.17) is 13.9 Å². The van der Waals surface area contributed by atoms with Crippen molar-refractivity contribution in [3.05, 3.63) is 0 Å². The Labute approximate surface area is 149 Å². The van der Waals surface area contributed by atoms with Crippen molar-refractivity contribution >= 4 is 14.4 Å². The van der Waals surface area contributed by atoms with Crippen LogP contribution in [-0.2, 0) is 13.9 Å². The summed E-state index contributed by atoms with van der Waals surface area (Å²) in [4.78, 5) is 14.3. The number of piperidine rings is 1. The van der Waals surface area contributed by atoms with Crippen molar-refractivity contribution in [2.45, 2.75) is 90.3 Å². The number of hydrogen-bond acceptors (Lipinski definition) is 4. The van der Waals surface area contributed by atoms with Gasteiger partial charge in [0.2, 0.25) is 0 Å². The third-order valence-corrected chi connectivity index (χ3v) is 9.46. The van der Waals surface area contributed by atoms with Crippen molar-refractivity contribution in [1.82, 2.24) is 4.90 Å². The van der Waals surface area contributed by atoms with Gasteiger partial charge in [-0.25, -0.2) is 4.79 Å². The summed E-state index contributed by atoms with van der Waals surface area (Å²) in [6, 6.07) is 0.00775. The van der Waals surface area contributed by atoms with Crippen LogP contribution in [0.5, 0.6) is 0 Å². The zero-order valence-corrected chi connectivity index (χ0v) is 18.1. The quantitative estimate of drug-likeness (QED) is 0.697. The van der Waals surface area contributed by atoms with Crippen LogP contribution in [-0.4, -0.2) is 57.3 Å². The summed E-state index contributed by atoms with van der Waals surface area (Å²) in [5.74, 6) is 0. The van der Waals surface area contributed by atoms with Gasteiger partial charge in [-0.1, -0.05) is 20.8 Å². The van der Waals surface area contributed by atoms with Gasteiger partial charge in [-0.2, -0.15) is 0 Å². The molecule has 0 aromatic rings. The molecule has 5 nitrogen and oxygen atoms in total. The Balaban J connectivity index is 2.77. The highest BCUT2D eigenvalue weighted by Crippen LogP contribution is 2.39. The molecule has 0 aliphatic carbocycles. The zero-order valence-electron chi connectivity index (χ0n) is 17.1. The lowest BCUT2D eigenvalue weighted by Gasteiger charge is -2.44. The van der Waals surface area contributed by atoms with E-state index in [1.807, 2.05) is 20.8 Å². The molecule has 0 radical (unpaired) electrons. The molecular weight excluding hydrogens is 322 g/mol. The highest BCUT2D eigenvalue weighted by molar-refractivity contribution is 6.74. The Morgan fingerprint density at radius 2 is 1.75 bits per heavy atom. The van der Waals surface area contributed by atoms with Gasteiger partial charge in [0.05, 0.1) is 12.6 Å². The smallest absolute Gasteiger partial charge is 0.410 e. The molecule has 1 aliphatic rings. The molecule has 0 spiro atoms. The van der Waals surface area contributed by atoms with E-state index in [9.17, 15) is 4.79 Å². The largest absolute Gasteiger partial charge is 0.444 e. The fourth-order valence-electron chi connectivity index (χ4n) is 2.63. The second-order valence-corrected chi connectivity index (χ2v) is 14.1. The fraction of sp³-hybridized carbons (Fsp3) is 0.944. The second-order valence-electron chi connectivity index (χ2n) is 9.31. The van der Waals surface area contributed by atoms with Gasteiger partial charge >= 0.3 is 6.09 Å². The van der Waals surface area contributed by atoms with Gasteiger partial charge in [0.1, 0.15) is 5.60 Å². The van der Waals surface area contributed by atoms with Crippen LogP contribution in [0, 0.1) is 0 Å². The Kier molecular flexibility index (Phi) is 6.92. The van der Waals surface area contributed by atoms with Crippen LogP contribution >= 0.6 is 0 Å². The highest BCUT2D eigenvalue weighted by atomic mass is 28.4. The Bertz CT molecular complexity index is 426. The number of rotatable bonds is 4. The molecule has 0 N–H and O–H groups in total. The summed E-state index contributed by atoms with van der Waals surface area (Å²) in [6.45, 7) is 18.2. The van der Waals surface area contributed by atoms with Crippen molar-refractivity contribution in [1.29, 1.82) is 0 Å². The summed E-state index contributed by atoms with van der Waals surface area (Å²) < 4.78 is 17.4. The number of hydrogen-bond donors (Lipinski definition) is 0. The average Bonchev–Trinajstić information content (AvgIpc) is 2.35. The molecule has 0 aromatic heterocycles. The molecule has 0 saturated carbocycles. The van der Waals surface area contributed by atoms with E-state index in [0.717, 1.165) is 12.8 Å². The lowest BCUT2D eigenvalue weighted by Crippen LogP contribution is -2.54. The van der Waals surface area contributed by atoms with Gasteiger partial charge in [-0.05, 0) is 51.7 Å². The van der Waals surface area contributed by atoms with Crippen LogP contribution in [0.3, 0.4) is 0 Å². The second kappa shape index (κ2) is 7.75. The lowest BCUT2D eigenvalue weighted by atomic mass is 10.0. The SMILES string of the molecule is COCC1CC(O[Si](C)(C)C(C)(C)C)CCN1C(=O)OC(C)(C)C. The first kappa shape index (κ1) is 21.4. The molecule has 6 heteroatoms. The number of carbonyl (C=O) groups is 1. The highest BCUT2D eigenvalue weighted by Gasteiger charge is 2.42. The van der Waals surface area contributed by atoms with Crippen LogP contribution < -0.4 is 0 Å². The average molecular weight is 360 g/mol. The normalized spacial score (nSPS) is 23.3. The van der Waals surface area contributed by atoms with Crippen LogP contribution in [0.4, 0.5) is 4.79 Å². The molecule has 2 atom stereocenters. The van der Waals surface area contributed by atoms with Gasteiger partial charge < -0.3 is 18.8 Å². The molecule has 2 unspecified atom stereocenters. The van der Waals surface area contributed by atoms with Crippen molar-refractivity contribution < 1.29 is 18.7 Å². The minimum absolute atomic E-state index is 0.00775. The maximum atomic E-state index is 12.5. The summed E-state index contributed by atoms with van der Waals surface area (Å²) in [5.41, 5.74) is -0.483. The molecule has 1 aliphatic heterocycles. The Morgan fingerprint density at radius 1 is 1.17 bits per heavy atom. The van der Waals surface area contributed by atoms with E-state index in [1.165, 1.54) is 0 Å². The van der Waals surface area contributed by atoms with Gasteiger partial charge in [0.15, 0.2) is 8.32 Å². The first-order chi connectivity index (χ1) is 10.8. The molecule has 1 fully saturated rings. The maximum absolute atomic E-state index is 12.5. The number of carbonyl (C=O) groups excluding carboxylic acids is 1. The van der Waals surface area contributed by atoms with Crippen molar-refractivity contribution in [2.24, 2.45) is 0 Å². The van der Waals surface area contributed by atoms with Gasteiger partial charge in [-0.3, -0.25) is 0 Å². The molecule has 0 bridgehead atoms. The number of amides is 1. The molecule has 1 heterocycles. The van der Waals surface area contributed by atoms with Crippen LogP contribution in [0.1, 0.15) is 54.4 Å². The molecule has 1 amide bonds. The molecule has 24 heavy (non-hydrogen) atoms. The molecule has 1 saturated heterocycles. The summed E-state index contributed by atoms with van der Waals surface area (Å²) in [5, 5.41) is 0.187. The van der Waals surface area contributed by atoms with E-state index in [2.05, 4.69) is 33.9 Å². The van der Waals surface area contributed by atoms with E-state index >= 15 is 0 Å². The molecular formula is C18H37NO4Si. The van der Waals surface area contributed by atoms with Gasteiger partial charge in [-0.15, -0.1) is 0 Å². The summed E-state index contributed by atoms with van der Waals surface area (Å²) in [7, 11) is -0.136. The molecule has 1 rings (SSSR count). The van der Waals surface area contributed by atoms with Gasteiger partial charge in [0, 0.05) is 19.8 Å². The zero-order chi connectivity index (χ0) is 18.8. The summed E-state index contributed by atoms with van der Waals surface area (Å²) >= 11 is 0. The van der Waals surface area contributed by atoms with Crippen LogP contribution in [0.25, 0.3) is 0 Å². The molecule has 142 valence electrons.